The maximum Gasteiger partial charge on any atom is 0.0693 e. The fourth-order valence-electron chi connectivity index (χ4n) is 3.19. The first-order valence-electron chi connectivity index (χ1n) is 7.25. The summed E-state index contributed by atoms with van der Waals surface area (Å²) in [5.74, 6) is 0.810. The smallest absolute Gasteiger partial charge is 0.0693 e. The van der Waals surface area contributed by atoms with Crippen molar-refractivity contribution in [3.63, 3.8) is 0 Å². The zero-order valence-electron chi connectivity index (χ0n) is 12.4. The van der Waals surface area contributed by atoms with Crippen LogP contribution in [0.2, 0.25) is 0 Å². The van der Waals surface area contributed by atoms with Crippen LogP contribution in [-0.2, 0) is 4.74 Å². The van der Waals surface area contributed by atoms with E-state index in [-0.39, 0.29) is 0 Å². The molecule has 0 spiro atoms. The summed E-state index contributed by atoms with van der Waals surface area (Å²) in [5, 5.41) is 3.70. The average molecular weight is 241 g/mol. The van der Waals surface area contributed by atoms with Gasteiger partial charge in [-0.15, -0.1) is 0 Å². The van der Waals surface area contributed by atoms with Crippen LogP contribution in [0.25, 0.3) is 0 Å². The molecule has 1 N–H and O–H groups in total. The van der Waals surface area contributed by atoms with Gasteiger partial charge in [0.15, 0.2) is 0 Å². The summed E-state index contributed by atoms with van der Waals surface area (Å²) in [7, 11) is 1.79. The largest absolute Gasteiger partial charge is 0.380 e. The Morgan fingerprint density at radius 1 is 1.12 bits per heavy atom. The van der Waals surface area contributed by atoms with Crippen molar-refractivity contribution in [2.45, 2.75) is 71.9 Å². The first-order valence-corrected chi connectivity index (χ1v) is 7.25. The molecule has 0 aromatic heterocycles. The van der Waals surface area contributed by atoms with Gasteiger partial charge in [-0.2, -0.15) is 0 Å². The van der Waals surface area contributed by atoms with Crippen LogP contribution in [0.1, 0.15) is 59.8 Å². The van der Waals surface area contributed by atoms with E-state index in [0.717, 1.165) is 5.92 Å². The Hall–Kier alpha value is -0.0800. The van der Waals surface area contributed by atoms with Crippen molar-refractivity contribution in [1.82, 2.24) is 5.32 Å². The minimum atomic E-state index is 0.299. The molecule has 0 aromatic rings. The van der Waals surface area contributed by atoms with Crippen LogP contribution in [0.3, 0.4) is 0 Å². The van der Waals surface area contributed by atoms with Gasteiger partial charge in [0, 0.05) is 19.7 Å². The van der Waals surface area contributed by atoms with Crippen LogP contribution in [0.15, 0.2) is 0 Å². The van der Waals surface area contributed by atoms with Gasteiger partial charge in [-0.05, 0) is 44.4 Å². The fraction of sp³-hybridized carbons (Fsp3) is 1.00. The lowest BCUT2D eigenvalue weighted by Gasteiger charge is -2.33. The lowest BCUT2D eigenvalue weighted by molar-refractivity contribution is 0.0813. The Labute approximate surface area is 108 Å². The fourth-order valence-corrected chi connectivity index (χ4v) is 3.19. The molecule has 0 heterocycles. The Morgan fingerprint density at radius 2 is 1.71 bits per heavy atom. The molecular formula is C15H31NO. The number of nitrogens with one attached hydrogen (secondary N) is 1. The predicted octanol–water partition coefficient (Wildman–Crippen LogP) is 3.61. The van der Waals surface area contributed by atoms with Gasteiger partial charge < -0.3 is 10.1 Å². The molecule has 0 bridgehead atoms. The summed E-state index contributed by atoms with van der Waals surface area (Å²) < 4.78 is 5.38. The monoisotopic (exact) mass is 241 g/mol. The topological polar surface area (TPSA) is 21.3 Å². The lowest BCUT2D eigenvalue weighted by atomic mass is 9.78. The van der Waals surface area contributed by atoms with Crippen molar-refractivity contribution >= 4 is 0 Å². The van der Waals surface area contributed by atoms with E-state index in [9.17, 15) is 0 Å². The second kappa shape index (κ2) is 6.75. The van der Waals surface area contributed by atoms with E-state index in [0.29, 0.717) is 17.6 Å². The molecular weight excluding hydrogens is 210 g/mol. The molecule has 1 rings (SSSR count). The highest BCUT2D eigenvalue weighted by Crippen LogP contribution is 2.42. The second-order valence-electron chi connectivity index (χ2n) is 6.42. The van der Waals surface area contributed by atoms with E-state index in [2.05, 4.69) is 33.0 Å². The Kier molecular flexibility index (Phi) is 5.94. The molecule has 1 aliphatic carbocycles. The maximum absolute atomic E-state index is 5.38. The summed E-state index contributed by atoms with van der Waals surface area (Å²) in [5.41, 5.74) is 0.565. The molecule has 0 aromatic carbocycles. The van der Waals surface area contributed by atoms with E-state index in [1.54, 1.807) is 7.11 Å². The summed E-state index contributed by atoms with van der Waals surface area (Å²) in [4.78, 5) is 0. The normalized spacial score (nSPS) is 22.9. The van der Waals surface area contributed by atoms with Crippen molar-refractivity contribution in [3.05, 3.63) is 0 Å². The molecule has 1 aliphatic rings. The van der Waals surface area contributed by atoms with Crippen molar-refractivity contribution in [3.8, 4) is 0 Å². The van der Waals surface area contributed by atoms with E-state index in [1.165, 1.54) is 38.6 Å². The standard InChI is InChI=1S/C15H31NO/c1-12(2)10-15(8-6-7-9-15)11-16-13(3)14(4)17-5/h12-14,16H,6-11H2,1-5H3. The highest BCUT2D eigenvalue weighted by molar-refractivity contribution is 4.88. The van der Waals surface area contributed by atoms with Crippen LogP contribution in [-0.4, -0.2) is 25.8 Å². The molecule has 2 atom stereocenters. The van der Waals surface area contributed by atoms with Gasteiger partial charge in [-0.25, -0.2) is 0 Å². The number of ether oxygens (including phenoxy) is 1. The van der Waals surface area contributed by atoms with Crippen LogP contribution in [0.5, 0.6) is 0 Å². The Balaban J connectivity index is 2.44. The van der Waals surface area contributed by atoms with Crippen LogP contribution >= 0.6 is 0 Å². The molecule has 0 saturated heterocycles. The number of hydrogen-bond acceptors (Lipinski definition) is 2. The first kappa shape index (κ1) is 15.0. The highest BCUT2D eigenvalue weighted by Gasteiger charge is 2.34. The molecule has 17 heavy (non-hydrogen) atoms. The molecule has 1 fully saturated rings. The average Bonchev–Trinajstić information content (AvgIpc) is 2.73. The van der Waals surface area contributed by atoms with E-state index < -0.39 is 0 Å². The highest BCUT2D eigenvalue weighted by atomic mass is 16.5. The number of hydrogen-bond donors (Lipinski definition) is 1. The lowest BCUT2D eigenvalue weighted by Crippen LogP contribution is -2.43. The quantitative estimate of drug-likeness (QED) is 0.735. The van der Waals surface area contributed by atoms with Crippen molar-refractivity contribution < 1.29 is 4.74 Å². The minimum absolute atomic E-state index is 0.299. The van der Waals surface area contributed by atoms with Gasteiger partial charge in [0.1, 0.15) is 0 Å². The van der Waals surface area contributed by atoms with Gasteiger partial charge in [-0.1, -0.05) is 26.7 Å². The summed E-state index contributed by atoms with van der Waals surface area (Å²) in [6, 6.07) is 0.449. The van der Waals surface area contributed by atoms with Crippen LogP contribution < -0.4 is 5.32 Å². The number of rotatable bonds is 7. The number of methoxy groups -OCH3 is 1. The third kappa shape index (κ3) is 4.59. The van der Waals surface area contributed by atoms with Crippen LogP contribution in [0, 0.1) is 11.3 Å². The van der Waals surface area contributed by atoms with Crippen molar-refractivity contribution in [2.75, 3.05) is 13.7 Å². The molecule has 1 saturated carbocycles. The first-order chi connectivity index (χ1) is 7.99. The van der Waals surface area contributed by atoms with E-state index in [4.69, 9.17) is 4.74 Å². The third-order valence-corrected chi connectivity index (χ3v) is 4.38. The summed E-state index contributed by atoms with van der Waals surface area (Å²) >= 11 is 0. The molecule has 0 radical (unpaired) electrons. The zero-order valence-corrected chi connectivity index (χ0v) is 12.4. The zero-order chi connectivity index (χ0) is 12.9. The molecule has 2 unspecified atom stereocenters. The summed E-state index contributed by atoms with van der Waals surface area (Å²) in [6.07, 6.45) is 7.32. The van der Waals surface area contributed by atoms with Crippen molar-refractivity contribution in [1.29, 1.82) is 0 Å². The predicted molar refractivity (Wildman–Crippen MR) is 74.3 cm³/mol. The SMILES string of the molecule is COC(C)C(C)NCC1(CC(C)C)CCCC1. The Morgan fingerprint density at radius 3 is 2.18 bits per heavy atom. The third-order valence-electron chi connectivity index (χ3n) is 4.38. The van der Waals surface area contributed by atoms with Crippen molar-refractivity contribution in [2.24, 2.45) is 11.3 Å². The van der Waals surface area contributed by atoms with E-state index in [1.807, 2.05) is 0 Å². The van der Waals surface area contributed by atoms with Gasteiger partial charge in [0.2, 0.25) is 0 Å². The summed E-state index contributed by atoms with van der Waals surface area (Å²) in [6.45, 7) is 10.2. The molecule has 0 aliphatic heterocycles. The molecule has 2 heteroatoms. The van der Waals surface area contributed by atoms with Gasteiger partial charge in [0.25, 0.3) is 0 Å². The Bertz CT molecular complexity index is 209. The maximum atomic E-state index is 5.38. The molecule has 0 amide bonds. The molecule has 102 valence electrons. The van der Waals surface area contributed by atoms with E-state index >= 15 is 0 Å². The minimum Gasteiger partial charge on any atom is -0.380 e. The van der Waals surface area contributed by atoms with Crippen LogP contribution in [0.4, 0.5) is 0 Å². The molecule has 2 nitrogen and oxygen atoms in total. The van der Waals surface area contributed by atoms with Gasteiger partial charge >= 0.3 is 0 Å². The van der Waals surface area contributed by atoms with Gasteiger partial charge in [0.05, 0.1) is 6.10 Å². The van der Waals surface area contributed by atoms with Gasteiger partial charge in [-0.3, -0.25) is 0 Å². The second-order valence-corrected chi connectivity index (χ2v) is 6.42.